The van der Waals surface area contributed by atoms with Crippen LogP contribution < -0.4 is 19.7 Å². The quantitative estimate of drug-likeness (QED) is 0.331. The predicted octanol–water partition coefficient (Wildman–Crippen LogP) is 4.93. The number of amides is 2. The van der Waals surface area contributed by atoms with Gasteiger partial charge in [-0.2, -0.15) is 0 Å². The summed E-state index contributed by atoms with van der Waals surface area (Å²) in [6.07, 6.45) is 0.583. The first-order valence-electron chi connectivity index (χ1n) is 11.4. The smallest absolute Gasteiger partial charge is 0.257 e. The molecule has 1 heterocycles. The van der Waals surface area contributed by atoms with E-state index in [1.165, 1.54) is 4.90 Å². The molecule has 0 unspecified atom stereocenters. The number of carbonyl (C=O) groups excluding carboxylic acids is 2. The van der Waals surface area contributed by atoms with E-state index in [0.29, 0.717) is 40.3 Å². The normalized spacial score (nSPS) is 15.1. The number of thiocarbonyl (C=S) groups is 1. The largest absolute Gasteiger partial charge is 0.493 e. The molecule has 0 aliphatic carbocycles. The number of anilines is 2. The molecule has 0 bridgehead atoms. The molecule has 0 spiro atoms. The fraction of sp³-hybridized carbons (Fsp3) is 0.222. The van der Waals surface area contributed by atoms with E-state index >= 15 is 0 Å². The molecule has 4 rings (SSSR count). The number of hydrogen-bond donors (Lipinski definition) is 1. The van der Waals surface area contributed by atoms with Crippen molar-refractivity contribution < 1.29 is 19.1 Å². The van der Waals surface area contributed by atoms with Gasteiger partial charge in [0.15, 0.2) is 16.6 Å². The molecule has 36 heavy (non-hydrogen) atoms. The minimum Gasteiger partial charge on any atom is -0.493 e. The number of imide groups is 1. The van der Waals surface area contributed by atoms with Gasteiger partial charge in [0.2, 0.25) is 5.91 Å². The number of nitrogens with zero attached hydrogens (tertiary/aromatic N) is 2. The fourth-order valence-electron chi connectivity index (χ4n) is 4.12. The summed E-state index contributed by atoms with van der Waals surface area (Å²) >= 11 is 11.7. The van der Waals surface area contributed by atoms with Crippen LogP contribution in [0.2, 0.25) is 5.02 Å². The SMILES string of the molecule is COc1ccc(CCN(C(=S)Nc2ccccc2)[C@H]2CC(=O)N(c3ccc(Cl)cc3)C2=O)cc1OC. The minimum absolute atomic E-state index is 0.0179. The summed E-state index contributed by atoms with van der Waals surface area (Å²) in [5.41, 5.74) is 2.26. The Morgan fingerprint density at radius 1 is 1.03 bits per heavy atom. The molecule has 1 atom stereocenters. The van der Waals surface area contributed by atoms with E-state index in [1.807, 2.05) is 48.5 Å². The Morgan fingerprint density at radius 2 is 1.72 bits per heavy atom. The molecule has 2 amide bonds. The second-order valence-electron chi connectivity index (χ2n) is 8.19. The highest BCUT2D eigenvalue weighted by Crippen LogP contribution is 2.30. The van der Waals surface area contributed by atoms with Crippen LogP contribution >= 0.6 is 23.8 Å². The zero-order chi connectivity index (χ0) is 25.7. The van der Waals surface area contributed by atoms with Gasteiger partial charge in [-0.1, -0.05) is 35.9 Å². The van der Waals surface area contributed by atoms with Gasteiger partial charge in [0, 0.05) is 17.3 Å². The van der Waals surface area contributed by atoms with E-state index in [1.54, 1.807) is 43.4 Å². The number of halogens is 1. The van der Waals surface area contributed by atoms with Gasteiger partial charge in [0.25, 0.3) is 5.91 Å². The lowest BCUT2D eigenvalue weighted by molar-refractivity contribution is -0.122. The summed E-state index contributed by atoms with van der Waals surface area (Å²) in [5, 5.41) is 4.10. The van der Waals surface area contributed by atoms with Crippen molar-refractivity contribution in [3.05, 3.63) is 83.4 Å². The van der Waals surface area contributed by atoms with Crippen LogP contribution in [0.15, 0.2) is 72.8 Å². The van der Waals surface area contributed by atoms with Crippen molar-refractivity contribution in [2.45, 2.75) is 18.9 Å². The van der Waals surface area contributed by atoms with Crippen molar-refractivity contribution in [2.24, 2.45) is 0 Å². The molecule has 9 heteroatoms. The summed E-state index contributed by atoms with van der Waals surface area (Å²) in [6, 6.07) is 21.0. The van der Waals surface area contributed by atoms with Crippen molar-refractivity contribution in [1.82, 2.24) is 4.90 Å². The van der Waals surface area contributed by atoms with Gasteiger partial charge >= 0.3 is 0 Å². The lowest BCUT2D eigenvalue weighted by atomic mass is 10.1. The third-order valence-electron chi connectivity index (χ3n) is 5.96. The van der Waals surface area contributed by atoms with Crippen molar-refractivity contribution in [1.29, 1.82) is 0 Å². The summed E-state index contributed by atoms with van der Waals surface area (Å²) in [7, 11) is 3.17. The fourth-order valence-corrected chi connectivity index (χ4v) is 4.58. The first-order chi connectivity index (χ1) is 17.4. The highest BCUT2D eigenvalue weighted by atomic mass is 35.5. The lowest BCUT2D eigenvalue weighted by Gasteiger charge is -2.30. The second kappa shape index (κ2) is 11.4. The molecule has 0 saturated carbocycles. The maximum Gasteiger partial charge on any atom is 0.257 e. The Hall–Kier alpha value is -3.62. The number of rotatable bonds is 8. The first-order valence-corrected chi connectivity index (χ1v) is 12.2. The molecule has 186 valence electrons. The average Bonchev–Trinajstić information content (AvgIpc) is 3.18. The van der Waals surface area contributed by atoms with E-state index in [2.05, 4.69) is 5.32 Å². The van der Waals surface area contributed by atoms with Crippen molar-refractivity contribution in [2.75, 3.05) is 31.0 Å². The molecular weight excluding hydrogens is 498 g/mol. The number of methoxy groups -OCH3 is 2. The first kappa shape index (κ1) is 25.5. The molecule has 1 N–H and O–H groups in total. The van der Waals surface area contributed by atoms with E-state index in [0.717, 1.165) is 11.3 Å². The monoisotopic (exact) mass is 523 g/mol. The van der Waals surface area contributed by atoms with Gasteiger partial charge in [-0.25, -0.2) is 4.90 Å². The number of nitrogens with one attached hydrogen (secondary N) is 1. The zero-order valence-electron chi connectivity index (χ0n) is 19.9. The van der Waals surface area contributed by atoms with Crippen molar-refractivity contribution in [3.8, 4) is 11.5 Å². The van der Waals surface area contributed by atoms with E-state index in [-0.39, 0.29) is 18.2 Å². The van der Waals surface area contributed by atoms with Crippen LogP contribution in [-0.2, 0) is 16.0 Å². The number of carbonyl (C=O) groups is 2. The molecule has 0 radical (unpaired) electrons. The van der Waals surface area contributed by atoms with Crippen molar-refractivity contribution in [3.63, 3.8) is 0 Å². The van der Waals surface area contributed by atoms with Gasteiger partial charge in [-0.15, -0.1) is 0 Å². The predicted molar refractivity (Wildman–Crippen MR) is 145 cm³/mol. The standard InChI is InChI=1S/C27H26ClN3O4S/c1-34-23-13-8-18(16-24(23)35-2)14-15-30(27(36)29-20-6-4-3-5-7-20)22-17-25(32)31(26(22)33)21-11-9-19(28)10-12-21/h3-13,16,22H,14-15,17H2,1-2H3,(H,29,36)/t22-/m0/s1. The molecule has 3 aromatic carbocycles. The zero-order valence-corrected chi connectivity index (χ0v) is 21.5. The van der Waals surface area contributed by atoms with E-state index in [4.69, 9.17) is 33.3 Å². The van der Waals surface area contributed by atoms with Gasteiger partial charge in [0.05, 0.1) is 26.3 Å². The Labute approximate surface area is 220 Å². The van der Waals surface area contributed by atoms with E-state index in [9.17, 15) is 9.59 Å². The highest BCUT2D eigenvalue weighted by molar-refractivity contribution is 7.80. The van der Waals surface area contributed by atoms with Crippen LogP contribution in [0.4, 0.5) is 11.4 Å². The van der Waals surface area contributed by atoms with Gasteiger partial charge in [-0.05, 0) is 72.7 Å². The summed E-state index contributed by atoms with van der Waals surface area (Å²) in [4.78, 5) is 29.4. The lowest BCUT2D eigenvalue weighted by Crippen LogP contribution is -2.48. The van der Waals surface area contributed by atoms with Crippen LogP contribution in [0.3, 0.4) is 0 Å². The summed E-state index contributed by atoms with van der Waals surface area (Å²) in [6.45, 7) is 0.409. The highest BCUT2D eigenvalue weighted by Gasteiger charge is 2.43. The van der Waals surface area contributed by atoms with Gasteiger partial charge in [-0.3, -0.25) is 9.59 Å². The average molecular weight is 524 g/mol. The van der Waals surface area contributed by atoms with Crippen LogP contribution in [0.5, 0.6) is 11.5 Å². The Kier molecular flexibility index (Phi) is 8.07. The summed E-state index contributed by atoms with van der Waals surface area (Å²) < 4.78 is 10.7. The third-order valence-corrected chi connectivity index (χ3v) is 6.55. The molecule has 3 aromatic rings. The number of ether oxygens (including phenoxy) is 2. The molecule has 1 fully saturated rings. The minimum atomic E-state index is -0.739. The molecule has 1 aliphatic rings. The summed E-state index contributed by atoms with van der Waals surface area (Å²) in [5.74, 6) is 0.639. The topological polar surface area (TPSA) is 71.1 Å². The molecule has 1 saturated heterocycles. The Morgan fingerprint density at radius 3 is 2.39 bits per heavy atom. The van der Waals surface area contributed by atoms with Crippen LogP contribution in [-0.4, -0.2) is 48.6 Å². The van der Waals surface area contributed by atoms with Crippen LogP contribution in [0.1, 0.15) is 12.0 Å². The number of para-hydroxylation sites is 1. The Bertz CT molecular complexity index is 1250. The molecule has 0 aromatic heterocycles. The van der Waals surface area contributed by atoms with Crippen LogP contribution in [0, 0.1) is 0 Å². The maximum atomic E-state index is 13.5. The number of hydrogen-bond acceptors (Lipinski definition) is 5. The second-order valence-corrected chi connectivity index (χ2v) is 9.02. The molecule has 7 nitrogen and oxygen atoms in total. The maximum absolute atomic E-state index is 13.5. The van der Waals surface area contributed by atoms with Crippen molar-refractivity contribution >= 4 is 52.1 Å². The van der Waals surface area contributed by atoms with Gasteiger partial charge < -0.3 is 19.7 Å². The van der Waals surface area contributed by atoms with Gasteiger partial charge in [0.1, 0.15) is 6.04 Å². The number of benzene rings is 3. The third kappa shape index (κ3) is 5.61. The Balaban J connectivity index is 1.59. The van der Waals surface area contributed by atoms with Crippen LogP contribution in [0.25, 0.3) is 0 Å². The molecular formula is C27H26ClN3O4S. The molecule has 1 aliphatic heterocycles. The van der Waals surface area contributed by atoms with E-state index < -0.39 is 6.04 Å².